The van der Waals surface area contributed by atoms with Gasteiger partial charge >= 0.3 is 0 Å². The molecule has 0 aliphatic carbocycles. The molecule has 0 saturated heterocycles. The van der Waals surface area contributed by atoms with Crippen molar-refractivity contribution in [1.82, 2.24) is 0 Å². The van der Waals surface area contributed by atoms with Gasteiger partial charge in [-0.2, -0.15) is 17.0 Å². The van der Waals surface area contributed by atoms with Crippen LogP contribution in [0.4, 0.5) is 0 Å². The van der Waals surface area contributed by atoms with Crippen LogP contribution in [0.25, 0.3) is 0 Å². The van der Waals surface area contributed by atoms with Crippen molar-refractivity contribution in [1.29, 1.82) is 5.26 Å². The molecule has 2 nitrogen and oxygen atoms in total. The summed E-state index contributed by atoms with van der Waals surface area (Å²) in [4.78, 5) is 0. The molecule has 0 heterocycles. The number of nitrogens with zero attached hydrogens (tertiary/aromatic N) is 1. The number of rotatable bonds is 6. The van der Waals surface area contributed by atoms with Gasteiger partial charge in [-0.15, -0.1) is 0 Å². The maximum atomic E-state index is 9.54. The molecule has 0 rings (SSSR count). The number of hydrogen-bond donors (Lipinski definition) is 1. The van der Waals surface area contributed by atoms with Crippen LogP contribution in [0.5, 0.6) is 0 Å². The van der Waals surface area contributed by atoms with E-state index in [1.807, 2.05) is 13.2 Å². The Morgan fingerprint density at radius 3 is 2.58 bits per heavy atom. The fourth-order valence-corrected chi connectivity index (χ4v) is 1.57. The molecule has 0 aliphatic rings. The summed E-state index contributed by atoms with van der Waals surface area (Å²) in [5.41, 5.74) is 0. The van der Waals surface area contributed by atoms with Crippen LogP contribution < -0.4 is 0 Å². The monoisotopic (exact) mass is 187 g/mol. The van der Waals surface area contributed by atoms with Gasteiger partial charge in [0.1, 0.15) is 0 Å². The first-order valence-corrected chi connectivity index (χ1v) is 5.72. The van der Waals surface area contributed by atoms with E-state index in [4.69, 9.17) is 5.26 Å². The van der Waals surface area contributed by atoms with E-state index >= 15 is 0 Å². The molecular formula is C9H17NOS. The highest BCUT2D eigenvalue weighted by Crippen LogP contribution is 2.14. The summed E-state index contributed by atoms with van der Waals surface area (Å²) in [5, 5.41) is 18.2. The first kappa shape index (κ1) is 11.8. The van der Waals surface area contributed by atoms with E-state index in [-0.39, 0.29) is 5.92 Å². The molecule has 0 aliphatic heterocycles. The zero-order valence-electron chi connectivity index (χ0n) is 7.79. The quantitative estimate of drug-likeness (QED) is 0.692. The van der Waals surface area contributed by atoms with Crippen molar-refractivity contribution in [3.8, 4) is 6.07 Å². The summed E-state index contributed by atoms with van der Waals surface area (Å²) in [6.07, 6.45) is 4.09. The summed E-state index contributed by atoms with van der Waals surface area (Å²) in [6, 6.07) is 2.15. The Labute approximate surface area is 79.0 Å². The Morgan fingerprint density at radius 2 is 2.17 bits per heavy atom. The van der Waals surface area contributed by atoms with E-state index in [0.717, 1.165) is 25.0 Å². The van der Waals surface area contributed by atoms with Crippen LogP contribution in [0.3, 0.4) is 0 Å². The van der Waals surface area contributed by atoms with Gasteiger partial charge in [-0.3, -0.25) is 0 Å². The standard InChI is InChI=1S/C9H17NOS/c1-3-4-8(7-10)9(11)5-6-12-2/h8-9,11H,3-6H2,1-2H3. The highest BCUT2D eigenvalue weighted by atomic mass is 32.2. The van der Waals surface area contributed by atoms with E-state index in [0.29, 0.717) is 0 Å². The summed E-state index contributed by atoms with van der Waals surface area (Å²) in [6.45, 7) is 2.03. The first-order valence-electron chi connectivity index (χ1n) is 4.32. The Hall–Kier alpha value is -0.200. The van der Waals surface area contributed by atoms with Gasteiger partial charge in [0.15, 0.2) is 0 Å². The van der Waals surface area contributed by atoms with E-state index in [1.165, 1.54) is 0 Å². The summed E-state index contributed by atoms with van der Waals surface area (Å²) < 4.78 is 0. The molecule has 2 unspecified atom stereocenters. The van der Waals surface area contributed by atoms with Crippen molar-refractivity contribution in [2.24, 2.45) is 5.92 Å². The van der Waals surface area contributed by atoms with Crippen LogP contribution in [-0.2, 0) is 0 Å². The lowest BCUT2D eigenvalue weighted by molar-refractivity contribution is 0.125. The average molecular weight is 187 g/mol. The van der Waals surface area contributed by atoms with E-state index in [1.54, 1.807) is 11.8 Å². The molecule has 0 spiro atoms. The second-order valence-electron chi connectivity index (χ2n) is 2.87. The van der Waals surface area contributed by atoms with Gasteiger partial charge in [-0.05, 0) is 24.9 Å². The SMILES string of the molecule is CCCC(C#N)C(O)CCSC. The summed E-state index contributed by atoms with van der Waals surface area (Å²) in [7, 11) is 0. The minimum absolute atomic E-state index is 0.165. The van der Waals surface area contributed by atoms with E-state index in [9.17, 15) is 5.11 Å². The number of aliphatic hydroxyl groups is 1. The molecule has 0 fully saturated rings. The van der Waals surface area contributed by atoms with Gasteiger partial charge in [0.25, 0.3) is 0 Å². The minimum Gasteiger partial charge on any atom is -0.392 e. The second-order valence-corrected chi connectivity index (χ2v) is 3.86. The Balaban J connectivity index is 3.70. The minimum atomic E-state index is -0.428. The number of thioether (sulfide) groups is 1. The van der Waals surface area contributed by atoms with Crippen molar-refractivity contribution < 1.29 is 5.11 Å². The maximum Gasteiger partial charge on any atom is 0.0722 e. The van der Waals surface area contributed by atoms with Crippen LogP contribution in [-0.4, -0.2) is 23.2 Å². The number of hydrogen-bond acceptors (Lipinski definition) is 3. The Kier molecular flexibility index (Phi) is 7.33. The molecule has 0 radical (unpaired) electrons. The van der Waals surface area contributed by atoms with Gasteiger partial charge in [-0.25, -0.2) is 0 Å². The molecule has 1 N–H and O–H groups in total. The first-order chi connectivity index (χ1) is 5.76. The van der Waals surface area contributed by atoms with Crippen LogP contribution in [0.2, 0.25) is 0 Å². The highest BCUT2D eigenvalue weighted by Gasteiger charge is 2.16. The predicted molar refractivity (Wildman–Crippen MR) is 53.0 cm³/mol. The van der Waals surface area contributed by atoms with E-state index in [2.05, 4.69) is 6.07 Å². The molecule has 0 aromatic carbocycles. The Morgan fingerprint density at radius 1 is 1.50 bits per heavy atom. The highest BCUT2D eigenvalue weighted by molar-refractivity contribution is 7.98. The summed E-state index contributed by atoms with van der Waals surface area (Å²) in [5.74, 6) is 0.769. The van der Waals surface area contributed by atoms with Crippen molar-refractivity contribution >= 4 is 11.8 Å². The third kappa shape index (κ3) is 4.63. The van der Waals surface area contributed by atoms with Gasteiger partial charge in [0.2, 0.25) is 0 Å². The van der Waals surface area contributed by atoms with Crippen molar-refractivity contribution in [2.45, 2.75) is 32.3 Å². The fraction of sp³-hybridized carbons (Fsp3) is 0.889. The normalized spacial score (nSPS) is 15.2. The zero-order chi connectivity index (χ0) is 9.40. The molecule has 3 heteroatoms. The third-order valence-electron chi connectivity index (χ3n) is 1.85. The molecule has 0 aromatic heterocycles. The molecule has 70 valence electrons. The van der Waals surface area contributed by atoms with Crippen LogP contribution in [0.15, 0.2) is 0 Å². The van der Waals surface area contributed by atoms with Gasteiger partial charge in [-0.1, -0.05) is 13.3 Å². The lowest BCUT2D eigenvalue weighted by Gasteiger charge is -2.14. The van der Waals surface area contributed by atoms with Crippen molar-refractivity contribution in [3.63, 3.8) is 0 Å². The van der Waals surface area contributed by atoms with E-state index < -0.39 is 6.10 Å². The summed E-state index contributed by atoms with van der Waals surface area (Å²) >= 11 is 1.71. The maximum absolute atomic E-state index is 9.54. The van der Waals surface area contributed by atoms with Gasteiger partial charge in [0.05, 0.1) is 18.1 Å². The number of aliphatic hydroxyl groups excluding tert-OH is 1. The average Bonchev–Trinajstić information content (AvgIpc) is 2.10. The van der Waals surface area contributed by atoms with Crippen LogP contribution >= 0.6 is 11.8 Å². The smallest absolute Gasteiger partial charge is 0.0722 e. The predicted octanol–water partition coefficient (Wildman–Crippen LogP) is 2.04. The van der Waals surface area contributed by atoms with Crippen molar-refractivity contribution in [3.05, 3.63) is 0 Å². The fourth-order valence-electron chi connectivity index (χ4n) is 1.09. The second kappa shape index (κ2) is 7.45. The molecule has 0 bridgehead atoms. The van der Waals surface area contributed by atoms with Crippen molar-refractivity contribution in [2.75, 3.05) is 12.0 Å². The van der Waals surface area contributed by atoms with Gasteiger partial charge < -0.3 is 5.11 Å². The third-order valence-corrected chi connectivity index (χ3v) is 2.49. The lowest BCUT2D eigenvalue weighted by Crippen LogP contribution is -2.19. The zero-order valence-corrected chi connectivity index (χ0v) is 8.60. The van der Waals surface area contributed by atoms with Crippen LogP contribution in [0, 0.1) is 17.2 Å². The topological polar surface area (TPSA) is 44.0 Å². The van der Waals surface area contributed by atoms with Crippen LogP contribution in [0.1, 0.15) is 26.2 Å². The Bertz CT molecular complexity index is 144. The molecule has 0 amide bonds. The lowest BCUT2D eigenvalue weighted by atomic mass is 9.97. The molecule has 0 aromatic rings. The largest absolute Gasteiger partial charge is 0.392 e. The molecule has 2 atom stereocenters. The molecule has 0 saturated carbocycles. The molecule has 12 heavy (non-hydrogen) atoms. The molecular weight excluding hydrogens is 170 g/mol. The van der Waals surface area contributed by atoms with Gasteiger partial charge in [0, 0.05) is 0 Å². The number of nitriles is 1.